The maximum Gasteiger partial charge on any atom is 0.325 e. The lowest BCUT2D eigenvalue weighted by atomic mass is 10.2. The van der Waals surface area contributed by atoms with Crippen LogP contribution in [0.15, 0.2) is 36.4 Å². The van der Waals surface area contributed by atoms with Crippen molar-refractivity contribution in [3.05, 3.63) is 41.4 Å². The molecule has 30 heavy (non-hydrogen) atoms. The van der Waals surface area contributed by atoms with Gasteiger partial charge in [0.15, 0.2) is 16.6 Å². The van der Waals surface area contributed by atoms with Gasteiger partial charge in [-0.25, -0.2) is 9.78 Å². The largest absolute Gasteiger partial charge is 0.486 e. The van der Waals surface area contributed by atoms with Gasteiger partial charge in [0.05, 0.1) is 10.2 Å². The molecule has 2 aliphatic rings. The smallest absolute Gasteiger partial charge is 0.325 e. The molecule has 1 fully saturated rings. The van der Waals surface area contributed by atoms with Crippen molar-refractivity contribution in [3.8, 4) is 11.5 Å². The molecule has 0 unspecified atom stereocenters. The van der Waals surface area contributed by atoms with E-state index in [0.29, 0.717) is 48.0 Å². The molecule has 0 saturated carbocycles. The third kappa shape index (κ3) is 3.61. The van der Waals surface area contributed by atoms with Gasteiger partial charge >= 0.3 is 6.03 Å². The Hall–Kier alpha value is -3.04. The molecule has 0 bridgehead atoms. The summed E-state index contributed by atoms with van der Waals surface area (Å²) in [5.74, 6) is 1.00. The zero-order valence-corrected chi connectivity index (χ0v) is 17.3. The molecular formula is C20H17ClN4O4S. The highest BCUT2D eigenvalue weighted by molar-refractivity contribution is 7.22. The van der Waals surface area contributed by atoms with Crippen LogP contribution in [-0.4, -0.2) is 54.7 Å². The van der Waals surface area contributed by atoms with Crippen LogP contribution >= 0.6 is 22.9 Å². The first-order chi connectivity index (χ1) is 14.6. The molecule has 154 valence electrons. The monoisotopic (exact) mass is 444 g/mol. The number of benzene rings is 2. The van der Waals surface area contributed by atoms with Gasteiger partial charge in [0, 0.05) is 29.9 Å². The van der Waals surface area contributed by atoms with Gasteiger partial charge in [0.2, 0.25) is 5.91 Å². The normalized spacial score (nSPS) is 15.7. The zero-order valence-electron chi connectivity index (χ0n) is 15.8. The third-order valence-electron chi connectivity index (χ3n) is 4.86. The number of hydrogen-bond acceptors (Lipinski definition) is 6. The van der Waals surface area contributed by atoms with E-state index in [4.69, 9.17) is 21.1 Å². The lowest BCUT2D eigenvalue weighted by molar-refractivity contribution is -0.116. The van der Waals surface area contributed by atoms with Crippen molar-refractivity contribution in [1.29, 1.82) is 0 Å². The number of anilines is 2. The minimum absolute atomic E-state index is 0.0451. The number of thiazole rings is 1. The van der Waals surface area contributed by atoms with Crippen LogP contribution < -0.4 is 19.7 Å². The Balaban J connectivity index is 1.24. The first-order valence-electron chi connectivity index (χ1n) is 9.39. The van der Waals surface area contributed by atoms with Crippen LogP contribution in [0.2, 0.25) is 5.02 Å². The average molecular weight is 445 g/mol. The molecule has 5 rings (SSSR count). The van der Waals surface area contributed by atoms with Crippen LogP contribution in [-0.2, 0) is 4.79 Å². The topological polar surface area (TPSA) is 84.0 Å². The number of amides is 3. The summed E-state index contributed by atoms with van der Waals surface area (Å²) in [5.41, 5.74) is 1.48. The summed E-state index contributed by atoms with van der Waals surface area (Å²) in [6, 6.07) is 10.6. The third-order valence-corrected chi connectivity index (χ3v) is 6.03. The Bertz CT molecular complexity index is 1150. The molecule has 3 heterocycles. The van der Waals surface area contributed by atoms with Crippen molar-refractivity contribution in [2.24, 2.45) is 0 Å². The van der Waals surface area contributed by atoms with Gasteiger partial charge in [0.1, 0.15) is 19.8 Å². The molecule has 2 aromatic carbocycles. The fourth-order valence-corrected chi connectivity index (χ4v) is 4.61. The van der Waals surface area contributed by atoms with E-state index in [1.54, 1.807) is 35.2 Å². The summed E-state index contributed by atoms with van der Waals surface area (Å²) in [5, 5.41) is 3.87. The molecule has 2 aliphatic heterocycles. The van der Waals surface area contributed by atoms with E-state index >= 15 is 0 Å². The van der Waals surface area contributed by atoms with Crippen LogP contribution in [0.5, 0.6) is 11.5 Å². The highest BCUT2D eigenvalue weighted by Crippen LogP contribution is 2.35. The molecule has 1 N–H and O–H groups in total. The number of hydrogen-bond donors (Lipinski definition) is 1. The van der Waals surface area contributed by atoms with Gasteiger partial charge in [-0.1, -0.05) is 22.9 Å². The Morgan fingerprint density at radius 2 is 1.97 bits per heavy atom. The molecule has 3 amide bonds. The van der Waals surface area contributed by atoms with Gasteiger partial charge in [-0.2, -0.15) is 0 Å². The molecule has 0 aliphatic carbocycles. The van der Waals surface area contributed by atoms with Gasteiger partial charge in [0.25, 0.3) is 0 Å². The van der Waals surface area contributed by atoms with E-state index in [0.717, 1.165) is 15.9 Å². The maximum absolute atomic E-state index is 12.8. The number of urea groups is 1. The second-order valence-electron chi connectivity index (χ2n) is 6.86. The van der Waals surface area contributed by atoms with Crippen molar-refractivity contribution in [2.75, 3.05) is 43.1 Å². The van der Waals surface area contributed by atoms with E-state index in [1.165, 1.54) is 16.2 Å². The van der Waals surface area contributed by atoms with Gasteiger partial charge in [-0.15, -0.1) is 0 Å². The Kier molecular flexibility index (Phi) is 4.84. The number of aromatic nitrogens is 1. The number of rotatable bonds is 4. The molecule has 1 aromatic heterocycles. The lowest BCUT2D eigenvalue weighted by Crippen LogP contribution is -2.37. The predicted molar refractivity (Wildman–Crippen MR) is 115 cm³/mol. The van der Waals surface area contributed by atoms with Crippen LogP contribution in [0.3, 0.4) is 0 Å². The Labute approximate surface area is 180 Å². The van der Waals surface area contributed by atoms with Gasteiger partial charge in [-0.05, 0) is 30.3 Å². The van der Waals surface area contributed by atoms with Crippen LogP contribution in [0.4, 0.5) is 15.6 Å². The molecule has 0 radical (unpaired) electrons. The molecule has 8 nitrogen and oxygen atoms in total. The summed E-state index contributed by atoms with van der Waals surface area (Å²) < 4.78 is 12.0. The molecule has 0 spiro atoms. The summed E-state index contributed by atoms with van der Waals surface area (Å²) in [4.78, 5) is 32.8. The molecular weight excluding hydrogens is 428 g/mol. The summed E-state index contributed by atoms with van der Waals surface area (Å²) >= 11 is 7.34. The SMILES string of the molecule is O=C(CN1CCN(c2ccc3c(c2)OCCO3)C1=O)Nc1nc2ccc(Cl)cc2s1. The first-order valence-corrected chi connectivity index (χ1v) is 10.6. The average Bonchev–Trinajstić information content (AvgIpc) is 3.30. The highest BCUT2D eigenvalue weighted by Gasteiger charge is 2.31. The quantitative estimate of drug-likeness (QED) is 0.664. The second kappa shape index (κ2) is 7.66. The number of nitrogens with zero attached hydrogens (tertiary/aromatic N) is 3. The molecule has 3 aromatic rings. The van der Waals surface area contributed by atoms with Crippen molar-refractivity contribution in [3.63, 3.8) is 0 Å². The second-order valence-corrected chi connectivity index (χ2v) is 8.33. The van der Waals surface area contributed by atoms with E-state index in [-0.39, 0.29) is 18.5 Å². The molecule has 10 heteroatoms. The lowest BCUT2D eigenvalue weighted by Gasteiger charge is -2.22. The minimum Gasteiger partial charge on any atom is -0.486 e. The van der Waals surface area contributed by atoms with Crippen LogP contribution in [0.1, 0.15) is 0 Å². The predicted octanol–water partition coefficient (Wildman–Crippen LogP) is 3.60. The molecule has 1 saturated heterocycles. The Morgan fingerprint density at radius 3 is 2.83 bits per heavy atom. The van der Waals surface area contributed by atoms with Crippen molar-refractivity contribution < 1.29 is 19.1 Å². The summed E-state index contributed by atoms with van der Waals surface area (Å²) in [6.07, 6.45) is 0. The van der Waals surface area contributed by atoms with E-state index in [1.807, 2.05) is 6.07 Å². The first kappa shape index (κ1) is 19.0. The Morgan fingerprint density at radius 1 is 1.13 bits per heavy atom. The number of carbonyl (C=O) groups excluding carboxylic acids is 2. The van der Waals surface area contributed by atoms with Crippen molar-refractivity contribution in [1.82, 2.24) is 9.88 Å². The maximum atomic E-state index is 12.8. The number of ether oxygens (including phenoxy) is 2. The fraction of sp³-hybridized carbons (Fsp3) is 0.250. The van der Waals surface area contributed by atoms with Crippen LogP contribution in [0, 0.1) is 0 Å². The van der Waals surface area contributed by atoms with Crippen LogP contribution in [0.25, 0.3) is 10.2 Å². The fourth-order valence-electron chi connectivity index (χ4n) is 3.45. The summed E-state index contributed by atoms with van der Waals surface area (Å²) in [6.45, 7) is 1.90. The van der Waals surface area contributed by atoms with Gasteiger partial charge in [-0.3, -0.25) is 9.69 Å². The zero-order chi connectivity index (χ0) is 20.7. The van der Waals surface area contributed by atoms with E-state index < -0.39 is 0 Å². The minimum atomic E-state index is -0.294. The van der Waals surface area contributed by atoms with Gasteiger partial charge < -0.3 is 19.7 Å². The number of halogens is 1. The van der Waals surface area contributed by atoms with Crippen molar-refractivity contribution >= 4 is 55.9 Å². The number of fused-ring (bicyclic) bond motifs is 2. The van der Waals surface area contributed by atoms with E-state index in [2.05, 4.69) is 10.3 Å². The number of nitrogens with one attached hydrogen (secondary N) is 1. The van der Waals surface area contributed by atoms with E-state index in [9.17, 15) is 9.59 Å². The van der Waals surface area contributed by atoms with Crippen molar-refractivity contribution in [2.45, 2.75) is 0 Å². The standard InChI is InChI=1S/C20H17ClN4O4S/c21-12-1-3-14-17(9-12)30-19(22-14)23-18(26)11-24-5-6-25(20(24)27)13-2-4-15-16(10-13)29-8-7-28-15/h1-4,9-10H,5-8,11H2,(H,22,23,26). The number of carbonyl (C=O) groups is 2. The summed E-state index contributed by atoms with van der Waals surface area (Å²) in [7, 11) is 0. The highest BCUT2D eigenvalue weighted by atomic mass is 35.5. The molecule has 0 atom stereocenters.